The van der Waals surface area contributed by atoms with E-state index in [2.05, 4.69) is 5.10 Å². The molecule has 0 unspecified atom stereocenters. The Morgan fingerprint density at radius 3 is 2.38 bits per heavy atom. The first kappa shape index (κ1) is 16.5. The summed E-state index contributed by atoms with van der Waals surface area (Å²) in [7, 11) is -3.55. The number of aryl methyl sites for hydroxylation is 1. The van der Waals surface area contributed by atoms with Gasteiger partial charge in [0.2, 0.25) is 5.89 Å². The smallest absolute Gasteiger partial charge is 0.388 e. The molecule has 8 heteroatoms. The van der Waals surface area contributed by atoms with Crippen molar-refractivity contribution in [1.29, 1.82) is 0 Å². The van der Waals surface area contributed by atoms with Crippen molar-refractivity contribution >= 4 is 21.4 Å². The number of benzene rings is 2. The highest BCUT2D eigenvalue weighted by Gasteiger charge is 2.17. The third-order valence-electron chi connectivity index (χ3n) is 3.37. The Morgan fingerprint density at radius 2 is 1.71 bits per heavy atom. The summed E-state index contributed by atoms with van der Waals surface area (Å²) < 4.78 is 30.7. The van der Waals surface area contributed by atoms with Crippen LogP contribution < -0.4 is 5.76 Å². The van der Waals surface area contributed by atoms with Crippen LogP contribution in [0.15, 0.2) is 68.7 Å². The molecule has 0 aliphatic carbocycles. The quantitative estimate of drug-likeness (QED) is 0.695. The van der Waals surface area contributed by atoms with Crippen LogP contribution in [0.1, 0.15) is 0 Å². The van der Waals surface area contributed by atoms with Crippen molar-refractivity contribution in [3.63, 3.8) is 0 Å². The number of hydrogen-bond donors (Lipinski definition) is 0. The second kappa shape index (κ2) is 6.62. The van der Waals surface area contributed by atoms with Crippen molar-refractivity contribution < 1.29 is 12.8 Å². The molecule has 0 saturated heterocycles. The Balaban J connectivity index is 1.79. The molecule has 0 bridgehead atoms. The van der Waals surface area contributed by atoms with Gasteiger partial charge in [-0.1, -0.05) is 29.8 Å². The highest BCUT2D eigenvalue weighted by atomic mass is 35.5. The summed E-state index contributed by atoms with van der Waals surface area (Å²) in [6.07, 6.45) is 0. The van der Waals surface area contributed by atoms with Crippen LogP contribution in [-0.4, -0.2) is 24.0 Å². The summed E-state index contributed by atoms with van der Waals surface area (Å²) >= 11 is 5.75. The van der Waals surface area contributed by atoms with Gasteiger partial charge in [0, 0.05) is 10.6 Å². The highest BCUT2D eigenvalue weighted by Crippen LogP contribution is 2.16. The van der Waals surface area contributed by atoms with Gasteiger partial charge < -0.3 is 4.42 Å². The third kappa shape index (κ3) is 3.58. The molecule has 0 amide bonds. The van der Waals surface area contributed by atoms with Crippen LogP contribution in [0.25, 0.3) is 11.5 Å². The third-order valence-corrected chi connectivity index (χ3v) is 5.33. The predicted molar refractivity (Wildman–Crippen MR) is 89.7 cm³/mol. The Morgan fingerprint density at radius 1 is 1.04 bits per heavy atom. The molecule has 0 radical (unpaired) electrons. The standard InChI is InChI=1S/C16H13ClN2O4S/c17-13-6-8-14(9-7-13)24(21,22)11-10-19-16(20)23-15(18-19)12-4-2-1-3-5-12/h1-9H,10-11H2. The van der Waals surface area contributed by atoms with Gasteiger partial charge in [-0.05, 0) is 36.4 Å². The number of rotatable bonds is 5. The van der Waals surface area contributed by atoms with Gasteiger partial charge in [-0.3, -0.25) is 0 Å². The Hall–Kier alpha value is -2.38. The Kier molecular flexibility index (Phi) is 4.55. The van der Waals surface area contributed by atoms with Gasteiger partial charge in [-0.25, -0.2) is 13.2 Å². The van der Waals surface area contributed by atoms with E-state index in [4.69, 9.17) is 16.0 Å². The summed E-state index contributed by atoms with van der Waals surface area (Å²) in [6.45, 7) is -0.0971. The van der Waals surface area contributed by atoms with Gasteiger partial charge in [0.1, 0.15) is 0 Å². The van der Waals surface area contributed by atoms with Gasteiger partial charge in [-0.15, -0.1) is 5.10 Å². The lowest BCUT2D eigenvalue weighted by atomic mass is 10.2. The molecule has 1 aromatic heterocycles. The monoisotopic (exact) mass is 364 g/mol. The lowest BCUT2D eigenvalue weighted by Crippen LogP contribution is -2.21. The average molecular weight is 365 g/mol. The van der Waals surface area contributed by atoms with Crippen molar-refractivity contribution in [1.82, 2.24) is 9.78 Å². The topological polar surface area (TPSA) is 82.2 Å². The molecule has 24 heavy (non-hydrogen) atoms. The molecule has 0 N–H and O–H groups in total. The molecule has 1 heterocycles. The fourth-order valence-corrected chi connectivity index (χ4v) is 3.44. The predicted octanol–water partition coefficient (Wildman–Crippen LogP) is 2.63. The van der Waals surface area contributed by atoms with Crippen LogP contribution in [0, 0.1) is 0 Å². The minimum absolute atomic E-state index is 0.0971. The first-order valence-corrected chi connectivity index (χ1v) is 9.10. The maximum atomic E-state index is 12.3. The van der Waals surface area contributed by atoms with E-state index >= 15 is 0 Å². The average Bonchev–Trinajstić information content (AvgIpc) is 2.95. The Bertz CT molecular complexity index is 993. The van der Waals surface area contributed by atoms with E-state index in [-0.39, 0.29) is 23.1 Å². The van der Waals surface area contributed by atoms with Crippen LogP contribution in [0.4, 0.5) is 0 Å². The highest BCUT2D eigenvalue weighted by molar-refractivity contribution is 7.91. The van der Waals surface area contributed by atoms with Crippen molar-refractivity contribution in [2.75, 3.05) is 5.75 Å². The van der Waals surface area contributed by atoms with E-state index < -0.39 is 15.6 Å². The SMILES string of the molecule is O=c1oc(-c2ccccc2)nn1CCS(=O)(=O)c1ccc(Cl)cc1. The summed E-state index contributed by atoms with van der Waals surface area (Å²) in [5.41, 5.74) is 0.647. The van der Waals surface area contributed by atoms with Crippen molar-refractivity contribution in [2.24, 2.45) is 0 Å². The summed E-state index contributed by atoms with van der Waals surface area (Å²) in [5.74, 6) is -0.806. The molecule has 0 aliphatic heterocycles. The lowest BCUT2D eigenvalue weighted by Gasteiger charge is -2.03. The zero-order valence-electron chi connectivity index (χ0n) is 12.4. The normalized spacial score (nSPS) is 11.5. The van der Waals surface area contributed by atoms with E-state index in [0.717, 1.165) is 4.68 Å². The summed E-state index contributed by atoms with van der Waals surface area (Å²) in [6, 6.07) is 14.8. The molecule has 3 rings (SSSR count). The van der Waals surface area contributed by atoms with E-state index in [9.17, 15) is 13.2 Å². The maximum Gasteiger partial charge on any atom is 0.437 e. The molecule has 0 spiro atoms. The molecular formula is C16H13ClN2O4S. The second-order valence-corrected chi connectivity index (χ2v) is 7.58. The Labute approximate surface area is 143 Å². The van der Waals surface area contributed by atoms with Crippen LogP contribution >= 0.6 is 11.6 Å². The van der Waals surface area contributed by atoms with Gasteiger partial charge in [0.05, 0.1) is 17.2 Å². The van der Waals surface area contributed by atoms with E-state index in [1.807, 2.05) is 6.07 Å². The first-order valence-electron chi connectivity index (χ1n) is 7.07. The van der Waals surface area contributed by atoms with Crippen molar-refractivity contribution in [3.8, 4) is 11.5 Å². The van der Waals surface area contributed by atoms with E-state index in [1.165, 1.54) is 24.3 Å². The van der Waals surface area contributed by atoms with Crippen LogP contribution in [-0.2, 0) is 16.4 Å². The number of nitrogens with zero attached hydrogens (tertiary/aromatic N) is 2. The summed E-state index contributed by atoms with van der Waals surface area (Å²) in [5, 5.41) is 4.50. The van der Waals surface area contributed by atoms with Crippen molar-refractivity contribution in [3.05, 3.63) is 70.2 Å². The molecule has 3 aromatic rings. The molecule has 124 valence electrons. The molecule has 6 nitrogen and oxygen atoms in total. The lowest BCUT2D eigenvalue weighted by molar-refractivity contribution is 0.489. The number of sulfone groups is 1. The number of halogens is 1. The maximum absolute atomic E-state index is 12.3. The molecule has 0 atom stereocenters. The molecule has 0 aliphatic rings. The molecular weight excluding hydrogens is 352 g/mol. The minimum atomic E-state index is -3.55. The fourth-order valence-electron chi connectivity index (χ4n) is 2.11. The van der Waals surface area contributed by atoms with E-state index in [1.54, 1.807) is 24.3 Å². The molecule has 0 fully saturated rings. The summed E-state index contributed by atoms with van der Waals surface area (Å²) in [4.78, 5) is 12.0. The molecule has 0 saturated carbocycles. The first-order chi connectivity index (χ1) is 11.5. The number of aromatic nitrogens is 2. The second-order valence-electron chi connectivity index (χ2n) is 5.04. The zero-order chi connectivity index (χ0) is 17.2. The van der Waals surface area contributed by atoms with E-state index in [0.29, 0.717) is 10.6 Å². The molecule has 2 aromatic carbocycles. The van der Waals surface area contributed by atoms with Gasteiger partial charge in [0.15, 0.2) is 9.84 Å². The fraction of sp³-hybridized carbons (Fsp3) is 0.125. The number of hydrogen-bond acceptors (Lipinski definition) is 5. The van der Waals surface area contributed by atoms with Gasteiger partial charge in [-0.2, -0.15) is 4.68 Å². The minimum Gasteiger partial charge on any atom is -0.388 e. The van der Waals surface area contributed by atoms with Gasteiger partial charge >= 0.3 is 5.76 Å². The van der Waals surface area contributed by atoms with Crippen molar-refractivity contribution in [2.45, 2.75) is 11.4 Å². The van der Waals surface area contributed by atoms with Crippen LogP contribution in [0.5, 0.6) is 0 Å². The zero-order valence-corrected chi connectivity index (χ0v) is 14.0. The van der Waals surface area contributed by atoms with Crippen LogP contribution in [0.2, 0.25) is 5.02 Å². The van der Waals surface area contributed by atoms with Gasteiger partial charge in [0.25, 0.3) is 0 Å². The van der Waals surface area contributed by atoms with Crippen LogP contribution in [0.3, 0.4) is 0 Å². The largest absolute Gasteiger partial charge is 0.437 e.